The topological polar surface area (TPSA) is 0 Å². The average Bonchev–Trinajstić information content (AvgIpc) is 2.38. The van der Waals surface area contributed by atoms with Crippen LogP contribution in [0.1, 0.15) is 27.2 Å². The molecule has 1 unspecified atom stereocenters. The van der Waals surface area contributed by atoms with Gasteiger partial charge in [-0.1, -0.05) is 80.8 Å². The van der Waals surface area contributed by atoms with Gasteiger partial charge in [-0.15, -0.1) is 0 Å². The van der Waals surface area contributed by atoms with Crippen LogP contribution in [0.2, 0.25) is 0 Å². The normalized spacial score (nSPS) is 13.7. The molecule has 0 aliphatic rings. The Balaban J connectivity index is 4.50. The molecule has 0 N–H and O–H groups in total. The standard InChI is InChI=1S/C19H26/c1-8-9-10-16(4)18(6)13-14-19(7)17(5)12-11-15(2)3/h8-12,14,18H,1-2,4-5,13H2,3,6-7H3/b10-9-,12-11-,19-14+. The van der Waals surface area contributed by atoms with Crippen molar-refractivity contribution in [1.29, 1.82) is 0 Å². The first-order valence-corrected chi connectivity index (χ1v) is 6.56. The van der Waals surface area contributed by atoms with Crippen molar-refractivity contribution in [2.75, 3.05) is 0 Å². The molecule has 0 bridgehead atoms. The highest BCUT2D eigenvalue weighted by atomic mass is 14.1. The van der Waals surface area contributed by atoms with Gasteiger partial charge in [0.1, 0.15) is 0 Å². The van der Waals surface area contributed by atoms with Gasteiger partial charge in [-0.3, -0.25) is 0 Å². The van der Waals surface area contributed by atoms with Crippen LogP contribution >= 0.6 is 0 Å². The summed E-state index contributed by atoms with van der Waals surface area (Å²) in [6, 6.07) is 0. The van der Waals surface area contributed by atoms with Gasteiger partial charge in [0.15, 0.2) is 0 Å². The quantitative estimate of drug-likeness (QED) is 0.470. The van der Waals surface area contributed by atoms with Gasteiger partial charge >= 0.3 is 0 Å². The van der Waals surface area contributed by atoms with E-state index in [0.717, 1.165) is 23.1 Å². The van der Waals surface area contributed by atoms with E-state index in [9.17, 15) is 0 Å². The van der Waals surface area contributed by atoms with E-state index >= 15 is 0 Å². The maximum Gasteiger partial charge on any atom is -0.0161 e. The Morgan fingerprint density at radius 2 is 1.68 bits per heavy atom. The van der Waals surface area contributed by atoms with Crippen molar-refractivity contribution in [3.05, 3.63) is 85.1 Å². The molecular formula is C19H26. The van der Waals surface area contributed by atoms with Crippen LogP contribution in [0.15, 0.2) is 85.1 Å². The molecule has 0 radical (unpaired) electrons. The number of hydrogen-bond donors (Lipinski definition) is 0. The zero-order valence-corrected chi connectivity index (χ0v) is 12.6. The summed E-state index contributed by atoms with van der Waals surface area (Å²) >= 11 is 0. The second kappa shape index (κ2) is 9.16. The van der Waals surface area contributed by atoms with Crippen LogP contribution in [0.25, 0.3) is 0 Å². The van der Waals surface area contributed by atoms with Gasteiger partial charge in [0, 0.05) is 0 Å². The SMILES string of the molecule is C=C/C=C\C(=C)C(C)C/C=C(\C)C(=C)/C=C\C(=C)C. The molecule has 0 fully saturated rings. The highest BCUT2D eigenvalue weighted by molar-refractivity contribution is 5.38. The lowest BCUT2D eigenvalue weighted by molar-refractivity contribution is 0.712. The summed E-state index contributed by atoms with van der Waals surface area (Å²) in [5, 5.41) is 0. The summed E-state index contributed by atoms with van der Waals surface area (Å²) < 4.78 is 0. The summed E-state index contributed by atoms with van der Waals surface area (Å²) in [5.41, 5.74) is 4.38. The van der Waals surface area contributed by atoms with Gasteiger partial charge in [0.2, 0.25) is 0 Å². The van der Waals surface area contributed by atoms with Crippen LogP contribution in [-0.2, 0) is 0 Å². The Morgan fingerprint density at radius 3 is 2.21 bits per heavy atom. The molecular weight excluding hydrogens is 228 g/mol. The molecule has 0 rings (SSSR count). The van der Waals surface area contributed by atoms with Crippen LogP contribution < -0.4 is 0 Å². The molecule has 0 aliphatic heterocycles. The molecule has 19 heavy (non-hydrogen) atoms. The van der Waals surface area contributed by atoms with Gasteiger partial charge in [0.25, 0.3) is 0 Å². The molecule has 0 saturated heterocycles. The second-order valence-electron chi connectivity index (χ2n) is 4.90. The van der Waals surface area contributed by atoms with Crippen LogP contribution in [0.4, 0.5) is 0 Å². The number of rotatable bonds is 8. The number of hydrogen-bond acceptors (Lipinski definition) is 0. The zero-order chi connectivity index (χ0) is 14.8. The predicted octanol–water partition coefficient (Wildman–Crippen LogP) is 5.95. The first kappa shape index (κ1) is 17.2. The summed E-state index contributed by atoms with van der Waals surface area (Å²) in [5.74, 6) is 0.420. The summed E-state index contributed by atoms with van der Waals surface area (Å²) in [4.78, 5) is 0. The Kier molecular flexibility index (Phi) is 8.28. The molecule has 0 saturated carbocycles. The van der Waals surface area contributed by atoms with Crippen molar-refractivity contribution < 1.29 is 0 Å². The van der Waals surface area contributed by atoms with E-state index in [-0.39, 0.29) is 0 Å². The second-order valence-corrected chi connectivity index (χ2v) is 4.90. The molecule has 1 atom stereocenters. The van der Waals surface area contributed by atoms with E-state index in [1.54, 1.807) is 6.08 Å². The Morgan fingerprint density at radius 1 is 1.05 bits per heavy atom. The molecule has 102 valence electrons. The van der Waals surface area contributed by atoms with E-state index in [4.69, 9.17) is 0 Å². The van der Waals surface area contributed by atoms with Crippen LogP contribution in [0, 0.1) is 5.92 Å². The van der Waals surface area contributed by atoms with Crippen molar-refractivity contribution >= 4 is 0 Å². The summed E-state index contributed by atoms with van der Waals surface area (Å²) in [6.45, 7) is 21.8. The maximum atomic E-state index is 4.06. The summed E-state index contributed by atoms with van der Waals surface area (Å²) in [7, 11) is 0. The van der Waals surface area contributed by atoms with E-state index in [2.05, 4.69) is 46.2 Å². The fraction of sp³-hybridized carbons (Fsp3) is 0.263. The van der Waals surface area contributed by atoms with Crippen LogP contribution in [-0.4, -0.2) is 0 Å². The molecule has 0 spiro atoms. The zero-order valence-electron chi connectivity index (χ0n) is 12.6. The van der Waals surface area contributed by atoms with Crippen molar-refractivity contribution in [1.82, 2.24) is 0 Å². The fourth-order valence-corrected chi connectivity index (χ4v) is 1.37. The summed E-state index contributed by atoms with van der Waals surface area (Å²) in [6.07, 6.45) is 12.9. The van der Waals surface area contributed by atoms with E-state index in [1.807, 2.05) is 31.2 Å². The van der Waals surface area contributed by atoms with Crippen LogP contribution in [0.5, 0.6) is 0 Å². The lowest BCUT2D eigenvalue weighted by Crippen LogP contribution is -1.95. The Bertz CT molecular complexity index is 439. The third-order valence-electron chi connectivity index (χ3n) is 2.93. The molecule has 0 aromatic rings. The highest BCUT2D eigenvalue weighted by Gasteiger charge is 2.02. The molecule has 0 aromatic heterocycles. The van der Waals surface area contributed by atoms with Crippen molar-refractivity contribution in [2.45, 2.75) is 27.2 Å². The van der Waals surface area contributed by atoms with E-state index in [1.165, 1.54) is 5.57 Å². The van der Waals surface area contributed by atoms with E-state index < -0.39 is 0 Å². The highest BCUT2D eigenvalue weighted by Crippen LogP contribution is 2.18. The van der Waals surface area contributed by atoms with E-state index in [0.29, 0.717) is 5.92 Å². The first-order chi connectivity index (χ1) is 8.88. The smallest absolute Gasteiger partial charge is 0.0161 e. The minimum absolute atomic E-state index is 0.420. The maximum absolute atomic E-state index is 4.06. The first-order valence-electron chi connectivity index (χ1n) is 6.56. The van der Waals surface area contributed by atoms with Gasteiger partial charge in [-0.25, -0.2) is 0 Å². The third kappa shape index (κ3) is 7.99. The van der Waals surface area contributed by atoms with Crippen molar-refractivity contribution in [3.63, 3.8) is 0 Å². The lowest BCUT2D eigenvalue weighted by atomic mass is 9.96. The molecule has 0 heterocycles. The van der Waals surface area contributed by atoms with Gasteiger partial charge < -0.3 is 0 Å². The lowest BCUT2D eigenvalue weighted by Gasteiger charge is -2.09. The van der Waals surface area contributed by atoms with Gasteiger partial charge in [-0.05, 0) is 37.3 Å². The van der Waals surface area contributed by atoms with Crippen molar-refractivity contribution in [3.8, 4) is 0 Å². The monoisotopic (exact) mass is 254 g/mol. The molecule has 0 nitrogen and oxygen atoms in total. The molecule has 0 aliphatic carbocycles. The third-order valence-corrected chi connectivity index (χ3v) is 2.93. The predicted molar refractivity (Wildman–Crippen MR) is 89.1 cm³/mol. The minimum Gasteiger partial charge on any atom is -0.0991 e. The average molecular weight is 254 g/mol. The number of allylic oxidation sites excluding steroid dienone is 10. The minimum atomic E-state index is 0.420. The van der Waals surface area contributed by atoms with Crippen LogP contribution in [0.3, 0.4) is 0 Å². The Labute approximate surface area is 118 Å². The van der Waals surface area contributed by atoms with Gasteiger partial charge in [0.05, 0.1) is 0 Å². The fourth-order valence-electron chi connectivity index (χ4n) is 1.37. The molecule has 0 aromatic carbocycles. The van der Waals surface area contributed by atoms with Crippen molar-refractivity contribution in [2.24, 2.45) is 5.92 Å². The largest absolute Gasteiger partial charge is 0.0991 e. The molecule has 0 heteroatoms. The van der Waals surface area contributed by atoms with Gasteiger partial charge in [-0.2, -0.15) is 0 Å². The Hall–Kier alpha value is -1.82. The molecule has 0 amide bonds.